The Labute approximate surface area is 170 Å². The topological polar surface area (TPSA) is 158 Å². The number of rotatable bonds is 11. The van der Waals surface area contributed by atoms with Gasteiger partial charge in [0.25, 0.3) is 0 Å². The lowest BCUT2D eigenvalue weighted by molar-refractivity contribution is -0.315. The maximum absolute atomic E-state index is 10.2. The van der Waals surface area contributed by atoms with Crippen LogP contribution in [0.4, 0.5) is 0 Å². The van der Waals surface area contributed by atoms with E-state index in [9.17, 15) is 25.5 Å². The zero-order valence-electron chi connectivity index (χ0n) is 16.7. The number of aliphatic hydroxyl groups is 6. The molecule has 2 aliphatic heterocycles. The molecule has 10 nitrogen and oxygen atoms in total. The summed E-state index contributed by atoms with van der Waals surface area (Å²) < 4.78 is 21.8. The van der Waals surface area contributed by atoms with Crippen molar-refractivity contribution in [3.63, 3.8) is 0 Å². The summed E-state index contributed by atoms with van der Waals surface area (Å²) in [6.45, 7) is 4.44. The van der Waals surface area contributed by atoms with Crippen LogP contribution in [0.2, 0.25) is 0 Å². The summed E-state index contributed by atoms with van der Waals surface area (Å²) >= 11 is 0. The van der Waals surface area contributed by atoms with Crippen LogP contribution in [0.5, 0.6) is 0 Å². The van der Waals surface area contributed by atoms with Crippen molar-refractivity contribution in [2.75, 3.05) is 19.8 Å². The van der Waals surface area contributed by atoms with Gasteiger partial charge in [-0.15, -0.1) is 6.58 Å². The average molecular weight is 422 g/mol. The Balaban J connectivity index is 1.93. The quantitative estimate of drug-likeness (QED) is 0.169. The molecule has 1 unspecified atom stereocenters. The summed E-state index contributed by atoms with van der Waals surface area (Å²) in [5, 5.41) is 59.7. The van der Waals surface area contributed by atoms with E-state index in [2.05, 4.69) is 13.5 Å². The van der Waals surface area contributed by atoms with Gasteiger partial charge in [0.15, 0.2) is 12.6 Å². The van der Waals surface area contributed by atoms with Crippen molar-refractivity contribution in [3.05, 3.63) is 12.7 Å². The highest BCUT2D eigenvalue weighted by atomic mass is 16.7. The van der Waals surface area contributed by atoms with Crippen molar-refractivity contribution in [2.45, 2.75) is 87.4 Å². The number of hydrogen-bond donors (Lipinski definition) is 6. The molecule has 2 heterocycles. The number of aliphatic hydroxyl groups excluding tert-OH is 5. The van der Waals surface area contributed by atoms with Crippen LogP contribution in [0, 0.1) is 0 Å². The molecule has 6 N–H and O–H groups in total. The molecular formula is C19H34O10. The Kier molecular flexibility index (Phi) is 9.42. The van der Waals surface area contributed by atoms with E-state index < -0.39 is 61.4 Å². The maximum Gasteiger partial charge on any atom is 0.187 e. The molecule has 0 saturated carbocycles. The van der Waals surface area contributed by atoms with Crippen LogP contribution in [0.3, 0.4) is 0 Å². The molecule has 0 aromatic rings. The van der Waals surface area contributed by atoms with Gasteiger partial charge in [-0.1, -0.05) is 32.3 Å². The highest BCUT2D eigenvalue weighted by Crippen LogP contribution is 2.28. The molecule has 9 atom stereocenters. The van der Waals surface area contributed by atoms with Crippen LogP contribution in [0.1, 0.15) is 32.6 Å². The van der Waals surface area contributed by atoms with Crippen LogP contribution >= 0.6 is 0 Å². The van der Waals surface area contributed by atoms with Crippen LogP contribution < -0.4 is 0 Å². The molecule has 0 spiro atoms. The minimum atomic E-state index is -1.84. The van der Waals surface area contributed by atoms with Crippen LogP contribution in [-0.4, -0.2) is 105 Å². The SMILES string of the molecule is C=CC(CCCCC)O[C@@H]1O[C@H](CO[C@@H]2OC[C@](O)(CO)[C@H]2O)[C@@H](O)[C@H](O)[C@H]1O. The Hall–Kier alpha value is -0.660. The fraction of sp³-hybridized carbons (Fsp3) is 0.895. The van der Waals surface area contributed by atoms with Crippen molar-refractivity contribution in [2.24, 2.45) is 0 Å². The highest BCUT2D eigenvalue weighted by molar-refractivity contribution is 4.95. The molecule has 0 aliphatic carbocycles. The van der Waals surface area contributed by atoms with Gasteiger partial charge in [-0.05, 0) is 6.42 Å². The lowest BCUT2D eigenvalue weighted by Gasteiger charge is -2.41. The molecule has 2 aliphatic rings. The van der Waals surface area contributed by atoms with Gasteiger partial charge in [-0.2, -0.15) is 0 Å². The lowest BCUT2D eigenvalue weighted by atomic mass is 9.99. The standard InChI is InChI=1S/C19H34O10/c1-3-5-6-7-11(4-2)28-17-15(23)14(22)13(21)12(29-17)8-26-18-16(24)19(25,9-20)10-27-18/h4,11-18,20-25H,2-3,5-10H2,1H3/t11?,12-,13-,14+,15-,16+,17-,18-,19-/m1/s1. The minimum absolute atomic E-state index is 0.317. The average Bonchev–Trinajstić information content (AvgIpc) is 3.01. The molecule has 29 heavy (non-hydrogen) atoms. The number of ether oxygens (including phenoxy) is 4. The molecule has 170 valence electrons. The fourth-order valence-corrected chi connectivity index (χ4v) is 3.30. The van der Waals surface area contributed by atoms with Gasteiger partial charge in [0, 0.05) is 0 Å². The van der Waals surface area contributed by atoms with Gasteiger partial charge in [0.05, 0.1) is 25.9 Å². The van der Waals surface area contributed by atoms with E-state index in [1.54, 1.807) is 6.08 Å². The first kappa shape index (κ1) is 24.6. The third-order valence-electron chi connectivity index (χ3n) is 5.34. The van der Waals surface area contributed by atoms with E-state index in [0.29, 0.717) is 6.42 Å². The normalized spacial score (nSPS) is 41.4. The van der Waals surface area contributed by atoms with Crippen molar-refractivity contribution >= 4 is 0 Å². The lowest BCUT2D eigenvalue weighted by Crippen LogP contribution is -2.60. The summed E-state index contributed by atoms with van der Waals surface area (Å²) in [7, 11) is 0. The van der Waals surface area contributed by atoms with E-state index in [1.807, 2.05) is 0 Å². The molecule has 0 aromatic heterocycles. The zero-order chi connectivity index (χ0) is 21.6. The predicted molar refractivity (Wildman–Crippen MR) is 99.6 cm³/mol. The summed E-state index contributed by atoms with van der Waals surface area (Å²) in [5.74, 6) is 0. The first-order chi connectivity index (χ1) is 13.8. The Bertz CT molecular complexity index is 505. The highest BCUT2D eigenvalue weighted by Gasteiger charge is 2.50. The Morgan fingerprint density at radius 2 is 1.86 bits per heavy atom. The molecule has 2 saturated heterocycles. The second kappa shape index (κ2) is 11.1. The van der Waals surface area contributed by atoms with Gasteiger partial charge in [-0.3, -0.25) is 0 Å². The van der Waals surface area contributed by atoms with Crippen molar-refractivity contribution in [3.8, 4) is 0 Å². The van der Waals surface area contributed by atoms with Crippen molar-refractivity contribution in [1.29, 1.82) is 0 Å². The molecule has 0 bridgehead atoms. The van der Waals surface area contributed by atoms with E-state index in [-0.39, 0.29) is 13.2 Å². The van der Waals surface area contributed by atoms with Crippen molar-refractivity contribution < 1.29 is 49.6 Å². The van der Waals surface area contributed by atoms with Crippen LogP contribution in [0.25, 0.3) is 0 Å². The second-order valence-corrected chi connectivity index (χ2v) is 7.64. The molecular weight excluding hydrogens is 388 g/mol. The second-order valence-electron chi connectivity index (χ2n) is 7.64. The monoisotopic (exact) mass is 422 g/mol. The molecule has 0 amide bonds. The smallest absolute Gasteiger partial charge is 0.187 e. The summed E-state index contributed by atoms with van der Waals surface area (Å²) in [4.78, 5) is 0. The third kappa shape index (κ3) is 5.95. The Morgan fingerprint density at radius 3 is 2.45 bits per heavy atom. The van der Waals surface area contributed by atoms with E-state index >= 15 is 0 Å². The first-order valence-electron chi connectivity index (χ1n) is 9.99. The van der Waals surface area contributed by atoms with Gasteiger partial charge in [0.1, 0.15) is 36.1 Å². The largest absolute Gasteiger partial charge is 0.393 e. The zero-order valence-corrected chi connectivity index (χ0v) is 16.7. The number of unbranched alkanes of at least 4 members (excludes halogenated alkanes) is 2. The molecule has 2 fully saturated rings. The van der Waals surface area contributed by atoms with Gasteiger partial charge in [-0.25, -0.2) is 0 Å². The third-order valence-corrected chi connectivity index (χ3v) is 5.34. The van der Waals surface area contributed by atoms with Crippen LogP contribution in [-0.2, 0) is 18.9 Å². The van der Waals surface area contributed by atoms with Gasteiger partial charge < -0.3 is 49.6 Å². The summed E-state index contributed by atoms with van der Waals surface area (Å²) in [6, 6.07) is 0. The van der Waals surface area contributed by atoms with E-state index in [0.717, 1.165) is 19.3 Å². The fourth-order valence-electron chi connectivity index (χ4n) is 3.30. The molecule has 0 radical (unpaired) electrons. The first-order valence-corrected chi connectivity index (χ1v) is 9.99. The Morgan fingerprint density at radius 1 is 1.14 bits per heavy atom. The molecule has 0 aromatic carbocycles. The summed E-state index contributed by atoms with van der Waals surface area (Å²) in [5.41, 5.74) is -1.84. The van der Waals surface area contributed by atoms with Gasteiger partial charge in [0.2, 0.25) is 0 Å². The molecule has 2 rings (SSSR count). The van der Waals surface area contributed by atoms with Gasteiger partial charge >= 0.3 is 0 Å². The minimum Gasteiger partial charge on any atom is -0.393 e. The predicted octanol–water partition coefficient (Wildman–Crippen LogP) is -1.60. The summed E-state index contributed by atoms with van der Waals surface area (Å²) in [6.07, 6.45) is -4.70. The maximum atomic E-state index is 10.2. The van der Waals surface area contributed by atoms with Crippen molar-refractivity contribution in [1.82, 2.24) is 0 Å². The molecule has 10 heteroatoms. The number of hydrogen-bond acceptors (Lipinski definition) is 10. The van der Waals surface area contributed by atoms with Crippen LogP contribution in [0.15, 0.2) is 12.7 Å². The van der Waals surface area contributed by atoms with E-state index in [4.69, 9.17) is 24.1 Å². The van der Waals surface area contributed by atoms with E-state index in [1.165, 1.54) is 0 Å².